The maximum absolute atomic E-state index is 12.4. The molecule has 1 atom stereocenters. The van der Waals surface area contributed by atoms with Crippen molar-refractivity contribution in [2.24, 2.45) is 0 Å². The first-order valence-corrected chi connectivity index (χ1v) is 7.81. The van der Waals surface area contributed by atoms with Crippen LogP contribution in [-0.4, -0.2) is 19.1 Å². The van der Waals surface area contributed by atoms with E-state index in [-0.39, 0.29) is 5.91 Å². The van der Waals surface area contributed by atoms with Crippen molar-refractivity contribution in [2.45, 2.75) is 26.1 Å². The van der Waals surface area contributed by atoms with E-state index in [1.165, 1.54) is 0 Å². The number of nitrogens with one attached hydrogen (secondary N) is 1. The molecule has 0 heterocycles. The third-order valence-electron chi connectivity index (χ3n) is 3.26. The number of methoxy groups -OCH3 is 1. The summed E-state index contributed by atoms with van der Waals surface area (Å²) in [5.74, 6) is 0.432. The standard InChI is InChI=1S/C18H20ClNO3/c1-3-17(23-16-9-7-14(19)8-10-16)18(21)20-15-6-4-5-13(11-15)12-22-2/h4-11,17H,3,12H2,1-2H3,(H,20,21)/t17-/m1/s1. The fraction of sp³-hybridized carbons (Fsp3) is 0.278. The van der Waals surface area contributed by atoms with Crippen molar-refractivity contribution < 1.29 is 14.3 Å². The van der Waals surface area contributed by atoms with Gasteiger partial charge in [-0.15, -0.1) is 0 Å². The van der Waals surface area contributed by atoms with E-state index < -0.39 is 6.10 Å². The van der Waals surface area contributed by atoms with E-state index in [0.717, 1.165) is 11.3 Å². The van der Waals surface area contributed by atoms with Crippen LogP contribution in [0.2, 0.25) is 5.02 Å². The zero-order valence-electron chi connectivity index (χ0n) is 13.2. The molecule has 2 aromatic carbocycles. The molecule has 4 nitrogen and oxygen atoms in total. The zero-order chi connectivity index (χ0) is 16.7. The zero-order valence-corrected chi connectivity index (χ0v) is 14.0. The lowest BCUT2D eigenvalue weighted by atomic mass is 10.2. The number of amides is 1. The number of carbonyl (C=O) groups is 1. The molecule has 122 valence electrons. The number of ether oxygens (including phenoxy) is 2. The van der Waals surface area contributed by atoms with Crippen LogP contribution < -0.4 is 10.1 Å². The summed E-state index contributed by atoms with van der Waals surface area (Å²) in [6.07, 6.45) is -0.00563. The summed E-state index contributed by atoms with van der Waals surface area (Å²) in [7, 11) is 1.64. The SMILES string of the molecule is CC[C@@H](Oc1ccc(Cl)cc1)C(=O)Nc1cccc(COC)c1. The molecule has 2 rings (SSSR count). The smallest absolute Gasteiger partial charge is 0.265 e. The van der Waals surface area contributed by atoms with Crippen molar-refractivity contribution in [2.75, 3.05) is 12.4 Å². The van der Waals surface area contributed by atoms with Crippen molar-refractivity contribution in [3.63, 3.8) is 0 Å². The van der Waals surface area contributed by atoms with Crippen LogP contribution in [0.5, 0.6) is 5.75 Å². The molecule has 0 unspecified atom stereocenters. The van der Waals surface area contributed by atoms with Gasteiger partial charge in [0.1, 0.15) is 5.75 Å². The number of hydrogen-bond donors (Lipinski definition) is 1. The summed E-state index contributed by atoms with van der Waals surface area (Å²) in [5, 5.41) is 3.51. The van der Waals surface area contributed by atoms with Crippen LogP contribution in [0.25, 0.3) is 0 Å². The lowest BCUT2D eigenvalue weighted by Gasteiger charge is -2.17. The predicted octanol–water partition coefficient (Wildman–Crippen LogP) is 4.28. The van der Waals surface area contributed by atoms with Crippen LogP contribution in [0.3, 0.4) is 0 Å². The van der Waals surface area contributed by atoms with E-state index in [1.807, 2.05) is 31.2 Å². The van der Waals surface area contributed by atoms with Gasteiger partial charge in [0.25, 0.3) is 5.91 Å². The minimum Gasteiger partial charge on any atom is -0.481 e. The molecular weight excluding hydrogens is 314 g/mol. The van der Waals surface area contributed by atoms with Gasteiger partial charge in [0.2, 0.25) is 0 Å². The molecule has 0 spiro atoms. The highest BCUT2D eigenvalue weighted by Crippen LogP contribution is 2.19. The normalized spacial score (nSPS) is 11.8. The summed E-state index contributed by atoms with van der Waals surface area (Å²) >= 11 is 5.85. The number of anilines is 1. The van der Waals surface area contributed by atoms with Gasteiger partial charge in [0.05, 0.1) is 6.61 Å². The van der Waals surface area contributed by atoms with Crippen molar-refractivity contribution >= 4 is 23.2 Å². The first-order valence-electron chi connectivity index (χ1n) is 7.43. The van der Waals surface area contributed by atoms with Gasteiger partial charge in [-0.2, -0.15) is 0 Å². The highest BCUT2D eigenvalue weighted by atomic mass is 35.5. The third-order valence-corrected chi connectivity index (χ3v) is 3.51. The van der Waals surface area contributed by atoms with Gasteiger partial charge < -0.3 is 14.8 Å². The van der Waals surface area contributed by atoms with E-state index in [2.05, 4.69) is 5.32 Å². The largest absolute Gasteiger partial charge is 0.481 e. The summed E-state index contributed by atoms with van der Waals surface area (Å²) in [5.41, 5.74) is 1.72. The van der Waals surface area contributed by atoms with Crippen molar-refractivity contribution in [1.82, 2.24) is 0 Å². The summed E-state index contributed by atoms with van der Waals surface area (Å²) in [4.78, 5) is 12.4. The lowest BCUT2D eigenvalue weighted by Crippen LogP contribution is -2.32. The highest BCUT2D eigenvalue weighted by Gasteiger charge is 2.18. The van der Waals surface area contributed by atoms with Gasteiger partial charge in [-0.05, 0) is 48.4 Å². The molecule has 23 heavy (non-hydrogen) atoms. The fourth-order valence-corrected chi connectivity index (χ4v) is 2.25. The van der Waals surface area contributed by atoms with Crippen molar-refractivity contribution in [3.8, 4) is 5.75 Å². The summed E-state index contributed by atoms with van der Waals surface area (Å²) in [6.45, 7) is 2.41. The maximum Gasteiger partial charge on any atom is 0.265 e. The Hall–Kier alpha value is -2.04. The van der Waals surface area contributed by atoms with E-state index >= 15 is 0 Å². The second kappa shape index (κ2) is 8.56. The Kier molecular flexibility index (Phi) is 6.44. The molecule has 0 aliphatic rings. The summed E-state index contributed by atoms with van der Waals surface area (Å²) < 4.78 is 10.8. The fourth-order valence-electron chi connectivity index (χ4n) is 2.13. The Balaban J connectivity index is 2.02. The summed E-state index contributed by atoms with van der Waals surface area (Å²) in [6, 6.07) is 14.5. The van der Waals surface area contributed by atoms with Gasteiger partial charge in [0, 0.05) is 17.8 Å². The molecule has 0 bridgehead atoms. The second-order valence-electron chi connectivity index (χ2n) is 5.09. The number of halogens is 1. The van der Waals surface area contributed by atoms with Crippen LogP contribution in [0.15, 0.2) is 48.5 Å². The quantitative estimate of drug-likeness (QED) is 0.822. The van der Waals surface area contributed by atoms with Gasteiger partial charge in [-0.3, -0.25) is 4.79 Å². The van der Waals surface area contributed by atoms with Crippen molar-refractivity contribution in [1.29, 1.82) is 0 Å². The van der Waals surface area contributed by atoms with E-state index in [9.17, 15) is 4.79 Å². The Labute approximate surface area is 141 Å². The molecule has 2 aromatic rings. The minimum absolute atomic E-state index is 0.183. The van der Waals surface area contributed by atoms with Gasteiger partial charge in [-0.1, -0.05) is 30.7 Å². The molecule has 0 fully saturated rings. The molecule has 1 amide bonds. The number of rotatable bonds is 7. The molecule has 5 heteroatoms. The Bertz CT molecular complexity index is 643. The van der Waals surface area contributed by atoms with Crippen LogP contribution in [0.1, 0.15) is 18.9 Å². The molecular formula is C18H20ClNO3. The van der Waals surface area contributed by atoms with E-state index in [1.54, 1.807) is 31.4 Å². The molecule has 0 saturated carbocycles. The number of hydrogen-bond acceptors (Lipinski definition) is 3. The minimum atomic E-state index is -0.567. The van der Waals surface area contributed by atoms with Gasteiger partial charge in [-0.25, -0.2) is 0 Å². The lowest BCUT2D eigenvalue weighted by molar-refractivity contribution is -0.122. The molecule has 1 N–H and O–H groups in total. The first-order chi connectivity index (χ1) is 11.1. The second-order valence-corrected chi connectivity index (χ2v) is 5.53. The van der Waals surface area contributed by atoms with Gasteiger partial charge in [0.15, 0.2) is 6.10 Å². The number of benzene rings is 2. The van der Waals surface area contributed by atoms with Crippen LogP contribution >= 0.6 is 11.6 Å². The van der Waals surface area contributed by atoms with E-state index in [4.69, 9.17) is 21.1 Å². The molecule has 0 aliphatic carbocycles. The third kappa shape index (κ3) is 5.27. The van der Waals surface area contributed by atoms with Gasteiger partial charge >= 0.3 is 0 Å². The topological polar surface area (TPSA) is 47.6 Å². The first kappa shape index (κ1) is 17.3. The highest BCUT2D eigenvalue weighted by molar-refractivity contribution is 6.30. The monoisotopic (exact) mass is 333 g/mol. The number of carbonyl (C=O) groups excluding carboxylic acids is 1. The van der Waals surface area contributed by atoms with E-state index in [0.29, 0.717) is 23.8 Å². The van der Waals surface area contributed by atoms with Crippen molar-refractivity contribution in [3.05, 3.63) is 59.1 Å². The average Bonchev–Trinajstić information content (AvgIpc) is 2.55. The Morgan fingerprint density at radius 3 is 2.61 bits per heavy atom. The van der Waals surface area contributed by atoms with Crippen LogP contribution in [-0.2, 0) is 16.1 Å². The molecule has 0 aliphatic heterocycles. The average molecular weight is 334 g/mol. The Morgan fingerprint density at radius 2 is 1.96 bits per heavy atom. The van der Waals surface area contributed by atoms with Crippen LogP contribution in [0.4, 0.5) is 5.69 Å². The molecule has 0 saturated heterocycles. The molecule has 0 aromatic heterocycles. The molecule has 0 radical (unpaired) electrons. The predicted molar refractivity (Wildman–Crippen MR) is 91.9 cm³/mol. The van der Waals surface area contributed by atoms with Crippen LogP contribution in [0, 0.1) is 0 Å². The maximum atomic E-state index is 12.4. The Morgan fingerprint density at radius 1 is 1.22 bits per heavy atom.